The first-order chi connectivity index (χ1) is 9.36. The SMILES string of the molecule is COc1cc2c3c(c1)-c1ccccc1CC3NCC2. The van der Waals surface area contributed by atoms with Gasteiger partial charge in [0.05, 0.1) is 7.11 Å². The first-order valence-corrected chi connectivity index (χ1v) is 6.89. The molecule has 2 aliphatic rings. The van der Waals surface area contributed by atoms with Crippen LogP contribution in [0.3, 0.4) is 0 Å². The molecule has 0 amide bonds. The topological polar surface area (TPSA) is 21.3 Å². The highest BCUT2D eigenvalue weighted by molar-refractivity contribution is 5.77. The van der Waals surface area contributed by atoms with Crippen LogP contribution in [0.4, 0.5) is 0 Å². The molecule has 0 bridgehead atoms. The zero-order valence-corrected chi connectivity index (χ0v) is 11.1. The highest BCUT2D eigenvalue weighted by Gasteiger charge is 2.29. The Morgan fingerprint density at radius 2 is 2.00 bits per heavy atom. The predicted molar refractivity (Wildman–Crippen MR) is 76.6 cm³/mol. The third-order valence-corrected chi connectivity index (χ3v) is 4.34. The Balaban J connectivity index is 2.02. The molecule has 2 aromatic rings. The van der Waals surface area contributed by atoms with Crippen molar-refractivity contribution in [3.63, 3.8) is 0 Å². The van der Waals surface area contributed by atoms with Crippen LogP contribution in [-0.2, 0) is 12.8 Å². The Hall–Kier alpha value is -1.80. The van der Waals surface area contributed by atoms with Crippen molar-refractivity contribution in [2.45, 2.75) is 18.9 Å². The highest BCUT2D eigenvalue weighted by atomic mass is 16.5. The van der Waals surface area contributed by atoms with E-state index in [1.54, 1.807) is 7.11 Å². The second-order valence-electron chi connectivity index (χ2n) is 5.37. The van der Waals surface area contributed by atoms with Crippen LogP contribution in [0.15, 0.2) is 36.4 Å². The number of hydrogen-bond donors (Lipinski definition) is 1. The van der Waals surface area contributed by atoms with Crippen LogP contribution < -0.4 is 10.1 Å². The van der Waals surface area contributed by atoms with Gasteiger partial charge in [-0.1, -0.05) is 24.3 Å². The van der Waals surface area contributed by atoms with E-state index >= 15 is 0 Å². The van der Waals surface area contributed by atoms with Crippen LogP contribution in [0.5, 0.6) is 5.75 Å². The molecule has 0 aromatic heterocycles. The van der Waals surface area contributed by atoms with Crippen molar-refractivity contribution in [3.05, 3.63) is 53.1 Å². The maximum Gasteiger partial charge on any atom is 0.119 e. The van der Waals surface area contributed by atoms with Crippen molar-refractivity contribution >= 4 is 0 Å². The molecular weight excluding hydrogens is 234 g/mol. The number of ether oxygens (including phenoxy) is 1. The first kappa shape index (κ1) is 11.1. The second-order valence-corrected chi connectivity index (χ2v) is 5.37. The van der Waals surface area contributed by atoms with Crippen LogP contribution in [-0.4, -0.2) is 13.7 Å². The van der Waals surface area contributed by atoms with Crippen molar-refractivity contribution < 1.29 is 4.74 Å². The Bertz CT molecular complexity index is 648. The number of rotatable bonds is 1. The van der Waals surface area contributed by atoms with E-state index in [-0.39, 0.29) is 0 Å². The fraction of sp³-hybridized carbons (Fsp3) is 0.294. The van der Waals surface area contributed by atoms with Gasteiger partial charge >= 0.3 is 0 Å². The van der Waals surface area contributed by atoms with Gasteiger partial charge in [-0.25, -0.2) is 0 Å². The summed E-state index contributed by atoms with van der Waals surface area (Å²) in [4.78, 5) is 0. The van der Waals surface area contributed by atoms with Gasteiger partial charge in [0.15, 0.2) is 0 Å². The van der Waals surface area contributed by atoms with Crippen LogP contribution in [0, 0.1) is 0 Å². The van der Waals surface area contributed by atoms with E-state index in [1.807, 2.05) is 0 Å². The number of methoxy groups -OCH3 is 1. The van der Waals surface area contributed by atoms with Gasteiger partial charge in [-0.05, 0) is 59.3 Å². The largest absolute Gasteiger partial charge is 0.497 e. The Labute approximate surface area is 113 Å². The lowest BCUT2D eigenvalue weighted by atomic mass is 9.78. The normalized spacial score (nSPS) is 19.5. The number of nitrogens with one attached hydrogen (secondary N) is 1. The average Bonchev–Trinajstić information content (AvgIpc) is 2.47. The predicted octanol–water partition coefficient (Wildman–Crippen LogP) is 3.11. The minimum atomic E-state index is 0.472. The van der Waals surface area contributed by atoms with Gasteiger partial charge in [-0.2, -0.15) is 0 Å². The van der Waals surface area contributed by atoms with E-state index in [0.29, 0.717) is 6.04 Å². The molecule has 0 saturated carbocycles. The summed E-state index contributed by atoms with van der Waals surface area (Å²) in [5.74, 6) is 0.978. The molecule has 1 unspecified atom stereocenters. The molecule has 96 valence electrons. The molecule has 2 aromatic carbocycles. The summed E-state index contributed by atoms with van der Waals surface area (Å²) >= 11 is 0. The van der Waals surface area contributed by atoms with Gasteiger partial charge < -0.3 is 10.1 Å². The minimum absolute atomic E-state index is 0.472. The van der Waals surface area contributed by atoms with Gasteiger partial charge in [0.25, 0.3) is 0 Å². The monoisotopic (exact) mass is 251 g/mol. The smallest absolute Gasteiger partial charge is 0.119 e. The highest BCUT2D eigenvalue weighted by Crippen LogP contribution is 2.43. The summed E-state index contributed by atoms with van der Waals surface area (Å²) in [6, 6.07) is 13.6. The van der Waals surface area contributed by atoms with Crippen molar-refractivity contribution in [2.75, 3.05) is 13.7 Å². The fourth-order valence-corrected chi connectivity index (χ4v) is 3.48. The molecule has 2 nitrogen and oxygen atoms in total. The molecule has 0 radical (unpaired) electrons. The molecule has 0 fully saturated rings. The van der Waals surface area contributed by atoms with Crippen LogP contribution in [0.25, 0.3) is 11.1 Å². The quantitative estimate of drug-likeness (QED) is 0.841. The number of hydrogen-bond acceptors (Lipinski definition) is 2. The Kier molecular flexibility index (Phi) is 2.39. The van der Waals surface area contributed by atoms with Crippen LogP contribution in [0.1, 0.15) is 22.7 Å². The van der Waals surface area contributed by atoms with Gasteiger partial charge in [0, 0.05) is 6.04 Å². The summed E-state index contributed by atoms with van der Waals surface area (Å²) in [7, 11) is 1.75. The van der Waals surface area contributed by atoms with Crippen molar-refractivity contribution in [3.8, 4) is 16.9 Å². The summed E-state index contributed by atoms with van der Waals surface area (Å²) in [5.41, 5.74) is 7.11. The summed E-state index contributed by atoms with van der Waals surface area (Å²) in [6.07, 6.45) is 2.20. The third kappa shape index (κ3) is 1.60. The number of benzene rings is 2. The molecule has 0 saturated heterocycles. The van der Waals surface area contributed by atoms with E-state index in [9.17, 15) is 0 Å². The number of fused-ring (bicyclic) bond motifs is 2. The lowest BCUT2D eigenvalue weighted by molar-refractivity contribution is 0.412. The molecular formula is C17H17NO. The summed E-state index contributed by atoms with van der Waals surface area (Å²) in [5, 5.41) is 3.65. The van der Waals surface area contributed by atoms with Gasteiger partial charge in [0.2, 0.25) is 0 Å². The van der Waals surface area contributed by atoms with E-state index in [4.69, 9.17) is 4.74 Å². The molecule has 4 rings (SSSR count). The molecule has 1 N–H and O–H groups in total. The standard InChI is InChI=1S/C17H17NO/c1-19-13-8-12-6-7-18-16-9-11-4-2-3-5-14(11)15(10-13)17(12)16/h2-5,8,10,16,18H,6-7,9H2,1H3. The molecule has 2 heteroatoms. The third-order valence-electron chi connectivity index (χ3n) is 4.34. The van der Waals surface area contributed by atoms with Crippen LogP contribution >= 0.6 is 0 Å². The van der Waals surface area contributed by atoms with E-state index in [1.165, 1.54) is 27.8 Å². The summed E-state index contributed by atoms with van der Waals surface area (Å²) in [6.45, 7) is 1.06. The lowest BCUT2D eigenvalue weighted by Gasteiger charge is -2.34. The molecule has 1 aliphatic carbocycles. The molecule has 0 spiro atoms. The second kappa shape index (κ2) is 4.10. The minimum Gasteiger partial charge on any atom is -0.497 e. The van der Waals surface area contributed by atoms with E-state index < -0.39 is 0 Å². The average molecular weight is 251 g/mol. The summed E-state index contributed by atoms with van der Waals surface area (Å²) < 4.78 is 5.48. The van der Waals surface area contributed by atoms with E-state index in [0.717, 1.165) is 25.1 Å². The van der Waals surface area contributed by atoms with Crippen molar-refractivity contribution in [2.24, 2.45) is 0 Å². The zero-order valence-electron chi connectivity index (χ0n) is 11.1. The Morgan fingerprint density at radius 3 is 2.89 bits per heavy atom. The molecule has 1 aliphatic heterocycles. The Morgan fingerprint density at radius 1 is 1.11 bits per heavy atom. The van der Waals surface area contributed by atoms with Gasteiger partial charge in [-0.3, -0.25) is 0 Å². The fourth-order valence-electron chi connectivity index (χ4n) is 3.48. The molecule has 1 heterocycles. The molecule has 1 atom stereocenters. The van der Waals surface area contributed by atoms with Crippen LogP contribution in [0.2, 0.25) is 0 Å². The maximum absolute atomic E-state index is 5.48. The van der Waals surface area contributed by atoms with Gasteiger partial charge in [-0.15, -0.1) is 0 Å². The van der Waals surface area contributed by atoms with Crippen molar-refractivity contribution in [1.29, 1.82) is 0 Å². The van der Waals surface area contributed by atoms with E-state index in [2.05, 4.69) is 41.7 Å². The van der Waals surface area contributed by atoms with Gasteiger partial charge in [0.1, 0.15) is 5.75 Å². The maximum atomic E-state index is 5.48. The molecule has 19 heavy (non-hydrogen) atoms. The first-order valence-electron chi connectivity index (χ1n) is 6.89. The zero-order chi connectivity index (χ0) is 12.8. The lowest BCUT2D eigenvalue weighted by Crippen LogP contribution is -2.33. The van der Waals surface area contributed by atoms with Crippen molar-refractivity contribution in [1.82, 2.24) is 5.32 Å².